The molecule has 0 saturated carbocycles. The summed E-state index contributed by atoms with van der Waals surface area (Å²) in [5, 5.41) is 9.99. The standard InChI is InChI=1S/C16H23Cl3N4O2/c1-16(2,14(24)20-3)9-23-15(21-4)22-5-6-25-13-11(18)7-10(17)8-12(13)19/h7-8H,5-6,9H2,1-4H3,(H,20,24)(H2,21,22,23). The number of ether oxygens (including phenoxy) is 1. The number of aliphatic imine (C=N–C) groups is 1. The van der Waals surface area contributed by atoms with Gasteiger partial charge in [-0.05, 0) is 26.0 Å². The molecule has 3 N–H and O–H groups in total. The number of carbonyl (C=O) groups is 1. The summed E-state index contributed by atoms with van der Waals surface area (Å²) in [6.45, 7) is 4.91. The number of hydrogen-bond donors (Lipinski definition) is 3. The van der Waals surface area contributed by atoms with Crippen LogP contribution in [0, 0.1) is 5.41 Å². The molecule has 25 heavy (non-hydrogen) atoms. The Morgan fingerprint density at radius 2 is 1.80 bits per heavy atom. The van der Waals surface area contributed by atoms with Crippen LogP contribution in [0.25, 0.3) is 0 Å². The van der Waals surface area contributed by atoms with E-state index in [0.717, 1.165) is 0 Å². The zero-order valence-corrected chi connectivity index (χ0v) is 16.9. The molecule has 0 aliphatic carbocycles. The molecule has 0 aliphatic heterocycles. The van der Waals surface area contributed by atoms with E-state index in [2.05, 4.69) is 20.9 Å². The molecular weight excluding hydrogens is 387 g/mol. The second kappa shape index (κ2) is 9.94. The molecule has 0 bridgehead atoms. The highest BCUT2D eigenvalue weighted by molar-refractivity contribution is 6.40. The Labute approximate surface area is 163 Å². The van der Waals surface area contributed by atoms with Crippen LogP contribution < -0.4 is 20.7 Å². The highest BCUT2D eigenvalue weighted by atomic mass is 35.5. The predicted molar refractivity (Wildman–Crippen MR) is 104 cm³/mol. The lowest BCUT2D eigenvalue weighted by Gasteiger charge is -2.24. The van der Waals surface area contributed by atoms with Crippen molar-refractivity contribution in [1.82, 2.24) is 16.0 Å². The van der Waals surface area contributed by atoms with Crippen LogP contribution in [0.15, 0.2) is 17.1 Å². The van der Waals surface area contributed by atoms with E-state index in [1.807, 2.05) is 13.8 Å². The van der Waals surface area contributed by atoms with Crippen LogP contribution in [-0.2, 0) is 4.79 Å². The fourth-order valence-corrected chi connectivity index (χ4v) is 2.86. The van der Waals surface area contributed by atoms with Crippen LogP contribution in [0.5, 0.6) is 5.75 Å². The van der Waals surface area contributed by atoms with Gasteiger partial charge in [-0.3, -0.25) is 9.79 Å². The van der Waals surface area contributed by atoms with E-state index in [1.54, 1.807) is 26.2 Å². The Balaban J connectivity index is 2.46. The fraction of sp³-hybridized carbons (Fsp3) is 0.500. The zero-order valence-electron chi connectivity index (χ0n) is 14.7. The molecule has 0 atom stereocenters. The number of benzene rings is 1. The molecule has 6 nitrogen and oxygen atoms in total. The summed E-state index contributed by atoms with van der Waals surface area (Å²) in [5.74, 6) is 0.901. The molecule has 0 unspecified atom stereocenters. The first-order chi connectivity index (χ1) is 11.7. The van der Waals surface area contributed by atoms with Crippen molar-refractivity contribution in [2.45, 2.75) is 13.8 Å². The van der Waals surface area contributed by atoms with E-state index in [0.29, 0.717) is 46.5 Å². The predicted octanol–water partition coefficient (Wildman–Crippen LogP) is 2.96. The molecule has 9 heteroatoms. The Bertz CT molecular complexity index is 613. The van der Waals surface area contributed by atoms with Gasteiger partial charge in [0.2, 0.25) is 5.91 Å². The SMILES string of the molecule is CN=C(NCCOc1c(Cl)cc(Cl)cc1Cl)NCC(C)(C)C(=O)NC. The fourth-order valence-electron chi connectivity index (χ4n) is 1.93. The number of carbonyl (C=O) groups excluding carboxylic acids is 1. The Morgan fingerprint density at radius 1 is 1.20 bits per heavy atom. The lowest BCUT2D eigenvalue weighted by Crippen LogP contribution is -2.47. The molecule has 0 aromatic heterocycles. The first-order valence-electron chi connectivity index (χ1n) is 7.65. The van der Waals surface area contributed by atoms with E-state index in [1.165, 1.54) is 0 Å². The maximum absolute atomic E-state index is 11.8. The molecule has 1 aromatic carbocycles. The summed E-state index contributed by atoms with van der Waals surface area (Å²) in [5.41, 5.74) is -0.562. The average molecular weight is 410 g/mol. The number of halogens is 3. The summed E-state index contributed by atoms with van der Waals surface area (Å²) in [6, 6.07) is 3.14. The minimum atomic E-state index is -0.562. The van der Waals surface area contributed by atoms with Crippen molar-refractivity contribution in [2.24, 2.45) is 10.4 Å². The second-order valence-electron chi connectivity index (χ2n) is 5.86. The normalized spacial score (nSPS) is 11.9. The maximum atomic E-state index is 11.8. The molecule has 1 amide bonds. The third-order valence-corrected chi connectivity index (χ3v) is 4.15. The van der Waals surface area contributed by atoms with Gasteiger partial charge in [-0.25, -0.2) is 0 Å². The molecule has 1 rings (SSSR count). The van der Waals surface area contributed by atoms with E-state index < -0.39 is 5.41 Å². The molecule has 0 saturated heterocycles. The summed E-state index contributed by atoms with van der Waals surface area (Å²) in [7, 11) is 3.26. The number of nitrogens with one attached hydrogen (secondary N) is 3. The van der Waals surface area contributed by atoms with Gasteiger partial charge in [-0.2, -0.15) is 0 Å². The van der Waals surface area contributed by atoms with E-state index in [4.69, 9.17) is 39.5 Å². The van der Waals surface area contributed by atoms with Crippen LogP contribution in [0.2, 0.25) is 15.1 Å². The van der Waals surface area contributed by atoms with Crippen LogP contribution in [0.3, 0.4) is 0 Å². The van der Waals surface area contributed by atoms with Crippen molar-refractivity contribution < 1.29 is 9.53 Å². The number of guanidine groups is 1. The summed E-state index contributed by atoms with van der Waals surface area (Å²) >= 11 is 18.0. The van der Waals surface area contributed by atoms with Crippen molar-refractivity contribution >= 4 is 46.7 Å². The lowest BCUT2D eigenvalue weighted by molar-refractivity contribution is -0.128. The smallest absolute Gasteiger partial charge is 0.227 e. The lowest BCUT2D eigenvalue weighted by atomic mass is 9.92. The van der Waals surface area contributed by atoms with Crippen LogP contribution >= 0.6 is 34.8 Å². The molecule has 0 fully saturated rings. The Kier molecular flexibility index (Phi) is 8.62. The number of nitrogens with zero attached hydrogens (tertiary/aromatic N) is 1. The molecule has 0 spiro atoms. The van der Waals surface area contributed by atoms with Crippen molar-refractivity contribution in [3.63, 3.8) is 0 Å². The molecule has 0 radical (unpaired) electrons. The summed E-state index contributed by atoms with van der Waals surface area (Å²) in [6.07, 6.45) is 0. The van der Waals surface area contributed by atoms with Gasteiger partial charge >= 0.3 is 0 Å². The molecule has 0 aliphatic rings. The molecule has 1 aromatic rings. The van der Waals surface area contributed by atoms with Crippen LogP contribution in [-0.4, -0.2) is 45.7 Å². The van der Waals surface area contributed by atoms with Gasteiger partial charge in [-0.15, -0.1) is 0 Å². The quantitative estimate of drug-likeness (QED) is 0.368. The first kappa shape index (κ1) is 21.7. The van der Waals surface area contributed by atoms with E-state index >= 15 is 0 Å². The second-order valence-corrected chi connectivity index (χ2v) is 7.11. The summed E-state index contributed by atoms with van der Waals surface area (Å²) in [4.78, 5) is 15.9. The van der Waals surface area contributed by atoms with Gasteiger partial charge in [0, 0.05) is 25.7 Å². The largest absolute Gasteiger partial charge is 0.489 e. The number of hydrogen-bond acceptors (Lipinski definition) is 3. The van der Waals surface area contributed by atoms with E-state index in [9.17, 15) is 4.79 Å². The maximum Gasteiger partial charge on any atom is 0.227 e. The van der Waals surface area contributed by atoms with Gasteiger partial charge in [-0.1, -0.05) is 34.8 Å². The van der Waals surface area contributed by atoms with Crippen LogP contribution in [0.1, 0.15) is 13.8 Å². The number of rotatable bonds is 7. The highest BCUT2D eigenvalue weighted by Gasteiger charge is 2.26. The minimum Gasteiger partial charge on any atom is -0.489 e. The molecule has 0 heterocycles. The monoisotopic (exact) mass is 408 g/mol. The molecule has 140 valence electrons. The van der Waals surface area contributed by atoms with Gasteiger partial charge in [0.05, 0.1) is 22.0 Å². The minimum absolute atomic E-state index is 0.0502. The Morgan fingerprint density at radius 3 is 2.32 bits per heavy atom. The average Bonchev–Trinajstić information content (AvgIpc) is 2.54. The van der Waals surface area contributed by atoms with Crippen molar-refractivity contribution in [3.8, 4) is 5.75 Å². The topological polar surface area (TPSA) is 74.8 Å². The van der Waals surface area contributed by atoms with E-state index in [-0.39, 0.29) is 5.91 Å². The van der Waals surface area contributed by atoms with Crippen molar-refractivity contribution in [1.29, 1.82) is 0 Å². The summed E-state index contributed by atoms with van der Waals surface area (Å²) < 4.78 is 5.59. The third-order valence-electron chi connectivity index (χ3n) is 3.37. The van der Waals surface area contributed by atoms with Gasteiger partial charge in [0.25, 0.3) is 0 Å². The van der Waals surface area contributed by atoms with Gasteiger partial charge < -0.3 is 20.7 Å². The number of amides is 1. The van der Waals surface area contributed by atoms with Gasteiger partial charge in [0.1, 0.15) is 6.61 Å². The first-order valence-corrected chi connectivity index (χ1v) is 8.78. The Hall–Kier alpha value is -1.37. The van der Waals surface area contributed by atoms with Crippen molar-refractivity contribution in [2.75, 3.05) is 33.8 Å². The van der Waals surface area contributed by atoms with Gasteiger partial charge in [0.15, 0.2) is 11.7 Å². The molecular formula is C16H23Cl3N4O2. The zero-order chi connectivity index (χ0) is 19.0. The highest BCUT2D eigenvalue weighted by Crippen LogP contribution is 2.35. The third kappa shape index (κ3) is 6.80. The van der Waals surface area contributed by atoms with Crippen LogP contribution in [0.4, 0.5) is 0 Å². The van der Waals surface area contributed by atoms with Crippen molar-refractivity contribution in [3.05, 3.63) is 27.2 Å².